The fourth-order valence-electron chi connectivity index (χ4n) is 3.89. The monoisotopic (exact) mass is 426 g/mol. The molecule has 2 amide bonds. The molecule has 1 aromatic rings. The summed E-state index contributed by atoms with van der Waals surface area (Å²) in [7, 11) is 0. The van der Waals surface area contributed by atoms with Gasteiger partial charge in [0.05, 0.1) is 11.6 Å². The zero-order chi connectivity index (χ0) is 19.9. The summed E-state index contributed by atoms with van der Waals surface area (Å²) < 4.78 is 5.64. The summed E-state index contributed by atoms with van der Waals surface area (Å²) in [6.45, 7) is 3.78. The van der Waals surface area contributed by atoms with Crippen LogP contribution < -0.4 is 4.74 Å². The number of nitrogens with zero attached hydrogens (tertiary/aromatic N) is 2. The number of carbonyl (C=O) groups excluding carboxylic acids is 2. The van der Waals surface area contributed by atoms with Crippen LogP contribution >= 0.6 is 23.2 Å². The quantitative estimate of drug-likeness (QED) is 0.606. The number of amides is 2. The molecule has 2 aliphatic rings. The van der Waals surface area contributed by atoms with Crippen molar-refractivity contribution in [3.05, 3.63) is 28.2 Å². The molecule has 2 heterocycles. The van der Waals surface area contributed by atoms with Crippen LogP contribution in [0, 0.1) is 5.92 Å². The number of ether oxygens (including phenoxy) is 1. The van der Waals surface area contributed by atoms with Crippen LogP contribution in [0.5, 0.6) is 5.75 Å². The van der Waals surface area contributed by atoms with Crippen molar-refractivity contribution in [1.82, 2.24) is 9.80 Å². The Balaban J connectivity index is 1.33. The molecule has 0 saturated carbocycles. The molecule has 0 atom stereocenters. The number of hydrogen-bond donors (Lipinski definition) is 0. The van der Waals surface area contributed by atoms with E-state index >= 15 is 0 Å². The topological polar surface area (TPSA) is 49.9 Å². The van der Waals surface area contributed by atoms with E-state index in [1.54, 1.807) is 18.2 Å². The fraction of sp³-hybridized carbons (Fsp3) is 0.619. The Morgan fingerprint density at radius 2 is 1.93 bits per heavy atom. The maximum atomic E-state index is 12.4. The number of carbonyl (C=O) groups is 2. The van der Waals surface area contributed by atoms with Gasteiger partial charge in [0.2, 0.25) is 11.8 Å². The number of piperidine rings is 2. The van der Waals surface area contributed by atoms with Crippen LogP contribution in [0.15, 0.2) is 18.2 Å². The van der Waals surface area contributed by atoms with Crippen molar-refractivity contribution in [1.29, 1.82) is 0 Å². The largest absolute Gasteiger partial charge is 0.492 e. The average Bonchev–Trinajstić information content (AvgIpc) is 2.69. The molecule has 28 heavy (non-hydrogen) atoms. The third kappa shape index (κ3) is 6.02. The van der Waals surface area contributed by atoms with E-state index in [0.29, 0.717) is 53.5 Å². The zero-order valence-corrected chi connectivity index (χ0v) is 17.7. The van der Waals surface area contributed by atoms with E-state index in [0.717, 1.165) is 51.9 Å². The van der Waals surface area contributed by atoms with Gasteiger partial charge >= 0.3 is 0 Å². The van der Waals surface area contributed by atoms with Crippen LogP contribution in [-0.4, -0.2) is 54.4 Å². The van der Waals surface area contributed by atoms with Gasteiger partial charge in [0, 0.05) is 44.0 Å². The van der Waals surface area contributed by atoms with Crippen LogP contribution in [0.2, 0.25) is 10.0 Å². The Kier molecular flexibility index (Phi) is 7.86. The van der Waals surface area contributed by atoms with Crippen molar-refractivity contribution in [3.63, 3.8) is 0 Å². The van der Waals surface area contributed by atoms with Crippen LogP contribution in [0.4, 0.5) is 0 Å². The smallest absolute Gasteiger partial charge is 0.222 e. The SMILES string of the molecule is O=C(CCCOc1ccc(Cl)cc1Cl)N1CCC(CN2CCCCC2=O)CC1. The highest BCUT2D eigenvalue weighted by Gasteiger charge is 2.26. The number of likely N-dealkylation sites (tertiary alicyclic amines) is 2. The average molecular weight is 427 g/mol. The van der Waals surface area contributed by atoms with E-state index in [9.17, 15) is 9.59 Å². The van der Waals surface area contributed by atoms with E-state index in [2.05, 4.69) is 0 Å². The van der Waals surface area contributed by atoms with Crippen molar-refractivity contribution < 1.29 is 14.3 Å². The van der Waals surface area contributed by atoms with Gasteiger partial charge in [0.15, 0.2) is 0 Å². The van der Waals surface area contributed by atoms with Gasteiger partial charge in [0.1, 0.15) is 5.75 Å². The molecule has 2 fully saturated rings. The van der Waals surface area contributed by atoms with Gasteiger partial charge in [-0.1, -0.05) is 23.2 Å². The number of benzene rings is 1. The fourth-order valence-corrected chi connectivity index (χ4v) is 4.35. The van der Waals surface area contributed by atoms with Crippen LogP contribution in [-0.2, 0) is 9.59 Å². The van der Waals surface area contributed by atoms with E-state index in [1.165, 1.54) is 0 Å². The summed E-state index contributed by atoms with van der Waals surface area (Å²) in [5.41, 5.74) is 0. The van der Waals surface area contributed by atoms with E-state index in [4.69, 9.17) is 27.9 Å². The lowest BCUT2D eigenvalue weighted by Crippen LogP contribution is -2.44. The molecule has 154 valence electrons. The van der Waals surface area contributed by atoms with Gasteiger partial charge in [-0.3, -0.25) is 9.59 Å². The summed E-state index contributed by atoms with van der Waals surface area (Å²) >= 11 is 11.9. The zero-order valence-electron chi connectivity index (χ0n) is 16.2. The molecular formula is C21H28Cl2N2O3. The first kappa shape index (κ1) is 21.3. The molecule has 0 aliphatic carbocycles. The van der Waals surface area contributed by atoms with E-state index in [-0.39, 0.29) is 5.91 Å². The first-order valence-electron chi connectivity index (χ1n) is 10.2. The van der Waals surface area contributed by atoms with Gasteiger partial charge in [-0.2, -0.15) is 0 Å². The normalized spacial score (nSPS) is 18.4. The van der Waals surface area contributed by atoms with Crippen molar-refractivity contribution in [2.24, 2.45) is 5.92 Å². The predicted molar refractivity (Wildman–Crippen MR) is 111 cm³/mol. The van der Waals surface area contributed by atoms with E-state index in [1.807, 2.05) is 9.80 Å². The van der Waals surface area contributed by atoms with Crippen molar-refractivity contribution in [3.8, 4) is 5.75 Å². The Bertz CT molecular complexity index is 690. The number of hydrogen-bond acceptors (Lipinski definition) is 3. The van der Waals surface area contributed by atoms with Crippen LogP contribution in [0.1, 0.15) is 44.9 Å². The Morgan fingerprint density at radius 1 is 1.14 bits per heavy atom. The van der Waals surface area contributed by atoms with Gasteiger partial charge in [0.25, 0.3) is 0 Å². The summed E-state index contributed by atoms with van der Waals surface area (Å²) in [6.07, 6.45) is 5.92. The Hall–Kier alpha value is -1.46. The minimum absolute atomic E-state index is 0.179. The van der Waals surface area contributed by atoms with Crippen molar-refractivity contribution in [2.45, 2.75) is 44.9 Å². The summed E-state index contributed by atoms with van der Waals surface area (Å²) in [5.74, 6) is 1.58. The summed E-state index contributed by atoms with van der Waals surface area (Å²) in [4.78, 5) is 28.4. The lowest BCUT2D eigenvalue weighted by molar-refractivity contribution is -0.136. The third-order valence-electron chi connectivity index (χ3n) is 5.55. The summed E-state index contributed by atoms with van der Waals surface area (Å²) in [6, 6.07) is 5.12. The number of rotatable bonds is 7. The molecule has 5 nitrogen and oxygen atoms in total. The van der Waals surface area contributed by atoms with Gasteiger partial charge < -0.3 is 14.5 Å². The lowest BCUT2D eigenvalue weighted by atomic mass is 9.95. The minimum atomic E-state index is 0.179. The van der Waals surface area contributed by atoms with E-state index < -0.39 is 0 Å². The molecule has 2 aliphatic heterocycles. The molecule has 0 bridgehead atoms. The summed E-state index contributed by atoms with van der Waals surface area (Å²) in [5, 5.41) is 1.05. The second-order valence-corrected chi connectivity index (χ2v) is 8.49. The molecule has 7 heteroatoms. The maximum absolute atomic E-state index is 12.4. The highest BCUT2D eigenvalue weighted by molar-refractivity contribution is 6.35. The molecule has 0 radical (unpaired) electrons. The second-order valence-electron chi connectivity index (χ2n) is 7.65. The maximum Gasteiger partial charge on any atom is 0.222 e. The Morgan fingerprint density at radius 3 is 2.64 bits per heavy atom. The first-order chi connectivity index (χ1) is 13.5. The Labute approximate surface area is 176 Å². The van der Waals surface area contributed by atoms with Gasteiger partial charge in [-0.05, 0) is 56.2 Å². The van der Waals surface area contributed by atoms with Crippen LogP contribution in [0.3, 0.4) is 0 Å². The van der Waals surface area contributed by atoms with Crippen LogP contribution in [0.25, 0.3) is 0 Å². The first-order valence-corrected chi connectivity index (χ1v) is 10.9. The molecule has 0 unspecified atom stereocenters. The number of halogens is 2. The molecule has 0 aromatic heterocycles. The highest BCUT2D eigenvalue weighted by atomic mass is 35.5. The molecule has 0 spiro atoms. The lowest BCUT2D eigenvalue weighted by Gasteiger charge is -2.36. The molecule has 3 rings (SSSR count). The highest BCUT2D eigenvalue weighted by Crippen LogP contribution is 2.27. The molecule has 2 saturated heterocycles. The third-order valence-corrected chi connectivity index (χ3v) is 6.08. The van der Waals surface area contributed by atoms with Gasteiger partial charge in [-0.15, -0.1) is 0 Å². The molecular weight excluding hydrogens is 399 g/mol. The predicted octanol–water partition coefficient (Wildman–Crippen LogP) is 4.40. The molecule has 0 N–H and O–H groups in total. The minimum Gasteiger partial charge on any atom is -0.492 e. The second kappa shape index (κ2) is 10.4. The van der Waals surface area contributed by atoms with Crippen molar-refractivity contribution in [2.75, 3.05) is 32.8 Å². The van der Waals surface area contributed by atoms with Crippen molar-refractivity contribution >= 4 is 35.0 Å². The van der Waals surface area contributed by atoms with Gasteiger partial charge in [-0.25, -0.2) is 0 Å². The standard InChI is InChI=1S/C21H28Cl2N2O3/c22-17-6-7-19(18(23)14-17)28-13-3-5-20(26)24-11-8-16(9-12-24)15-25-10-2-1-4-21(25)27/h6-7,14,16H,1-5,8-13,15H2. The molecule has 1 aromatic carbocycles.